The summed E-state index contributed by atoms with van der Waals surface area (Å²) in [5, 5.41) is 9.50. The first-order valence-corrected chi connectivity index (χ1v) is 6.81. The fourth-order valence-corrected chi connectivity index (χ4v) is 3.29. The molecule has 0 spiro atoms. The summed E-state index contributed by atoms with van der Waals surface area (Å²) in [6.45, 7) is 0. The lowest BCUT2D eigenvalue weighted by Crippen LogP contribution is -1.99. The third-order valence-electron chi connectivity index (χ3n) is 3.15. The minimum Gasteiger partial charge on any atom is -0.477 e. The summed E-state index contributed by atoms with van der Waals surface area (Å²) in [7, 11) is 0. The Labute approximate surface area is 125 Å². The van der Waals surface area contributed by atoms with E-state index in [1.54, 1.807) is 0 Å². The van der Waals surface area contributed by atoms with Crippen LogP contribution in [0.15, 0.2) is 30.3 Å². The molecule has 0 atom stereocenters. The number of aromatic carboxylic acids is 1. The average molecular weight is 326 g/mol. The minimum absolute atomic E-state index is 0.0936. The van der Waals surface area contributed by atoms with Gasteiger partial charge in [0.05, 0.1) is 0 Å². The van der Waals surface area contributed by atoms with E-state index in [4.69, 9.17) is 0 Å². The Kier molecular flexibility index (Phi) is 3.37. The van der Waals surface area contributed by atoms with Gasteiger partial charge in [-0.3, -0.25) is 0 Å². The fraction of sp³-hybridized carbons (Fsp3) is 0. The molecule has 0 saturated heterocycles. The monoisotopic (exact) mass is 326 g/mol. The predicted octanol–water partition coefficient (Wildman–Crippen LogP) is 4.82. The second-order valence-corrected chi connectivity index (χ2v) is 5.53. The number of hydrogen-bond acceptors (Lipinski definition) is 2. The molecule has 1 heterocycles. The van der Waals surface area contributed by atoms with E-state index in [0.717, 1.165) is 29.5 Å². The van der Waals surface area contributed by atoms with E-state index in [0.29, 0.717) is 6.07 Å². The molecule has 1 N–H and O–H groups in total. The zero-order valence-electron chi connectivity index (χ0n) is 10.7. The normalized spacial score (nSPS) is 11.1. The highest BCUT2D eigenvalue weighted by atomic mass is 32.1. The highest BCUT2D eigenvalue weighted by molar-refractivity contribution is 7.21. The second-order valence-electron chi connectivity index (χ2n) is 4.47. The molecule has 0 aliphatic carbocycles. The Hall–Kier alpha value is -2.41. The number of carbonyl (C=O) groups is 1. The Morgan fingerprint density at radius 3 is 2.41 bits per heavy atom. The summed E-state index contributed by atoms with van der Waals surface area (Å²) in [6.07, 6.45) is 0. The quantitative estimate of drug-likeness (QED) is 0.541. The largest absolute Gasteiger partial charge is 0.477 e. The van der Waals surface area contributed by atoms with E-state index in [2.05, 4.69) is 0 Å². The molecule has 0 saturated carbocycles. The van der Waals surface area contributed by atoms with E-state index in [9.17, 15) is 27.5 Å². The van der Waals surface area contributed by atoms with Gasteiger partial charge in [0.15, 0.2) is 17.5 Å². The van der Waals surface area contributed by atoms with E-state index in [1.807, 2.05) is 0 Å². The molecule has 0 aliphatic heterocycles. The van der Waals surface area contributed by atoms with Crippen LogP contribution in [0.2, 0.25) is 0 Å². The van der Waals surface area contributed by atoms with Gasteiger partial charge in [-0.1, -0.05) is 0 Å². The smallest absolute Gasteiger partial charge is 0.346 e. The Balaban J connectivity index is 2.41. The third-order valence-corrected chi connectivity index (χ3v) is 4.29. The number of rotatable bonds is 2. The standard InChI is InChI=1S/C15H6F4O2S/c16-6-1-2-7-10(5-6)22-14(15(20)21)11(7)8-3-4-9(17)13(19)12(8)18/h1-5H,(H,20,21). The van der Waals surface area contributed by atoms with E-state index >= 15 is 0 Å². The molecular weight excluding hydrogens is 320 g/mol. The summed E-state index contributed by atoms with van der Waals surface area (Å²) in [5.74, 6) is -6.48. The number of fused-ring (bicyclic) bond motifs is 1. The molecule has 3 rings (SSSR count). The van der Waals surface area contributed by atoms with Crippen LogP contribution in [0.25, 0.3) is 21.2 Å². The van der Waals surface area contributed by atoms with Crippen molar-refractivity contribution in [2.45, 2.75) is 0 Å². The van der Waals surface area contributed by atoms with E-state index in [1.165, 1.54) is 6.07 Å². The van der Waals surface area contributed by atoms with Crippen LogP contribution < -0.4 is 0 Å². The van der Waals surface area contributed by atoms with Crippen LogP contribution in [0.5, 0.6) is 0 Å². The molecule has 1 aromatic heterocycles. The summed E-state index contributed by atoms with van der Waals surface area (Å²) >= 11 is 0.737. The van der Waals surface area contributed by atoms with Gasteiger partial charge in [0.2, 0.25) is 0 Å². The lowest BCUT2D eigenvalue weighted by molar-refractivity contribution is 0.0703. The van der Waals surface area contributed by atoms with Crippen LogP contribution in [0.3, 0.4) is 0 Å². The number of carboxylic acids is 1. The van der Waals surface area contributed by atoms with Crippen LogP contribution in [-0.2, 0) is 0 Å². The van der Waals surface area contributed by atoms with E-state index < -0.39 is 29.2 Å². The van der Waals surface area contributed by atoms with E-state index in [-0.39, 0.29) is 26.1 Å². The summed E-state index contributed by atoms with van der Waals surface area (Å²) in [6, 6.07) is 5.15. The SMILES string of the molecule is O=C(O)c1sc2cc(F)ccc2c1-c1ccc(F)c(F)c1F. The van der Waals surface area contributed by atoms with Gasteiger partial charge in [-0.25, -0.2) is 22.4 Å². The van der Waals surface area contributed by atoms with Gasteiger partial charge in [0, 0.05) is 21.2 Å². The van der Waals surface area contributed by atoms with Crippen LogP contribution in [0.4, 0.5) is 17.6 Å². The van der Waals surface area contributed by atoms with Crippen molar-refractivity contribution in [3.8, 4) is 11.1 Å². The predicted molar refractivity (Wildman–Crippen MR) is 74.1 cm³/mol. The molecule has 2 aromatic carbocycles. The lowest BCUT2D eigenvalue weighted by Gasteiger charge is -2.06. The van der Waals surface area contributed by atoms with Gasteiger partial charge in [-0.2, -0.15) is 0 Å². The van der Waals surface area contributed by atoms with Crippen molar-refractivity contribution in [2.24, 2.45) is 0 Å². The number of halogens is 4. The van der Waals surface area contributed by atoms with Crippen molar-refractivity contribution in [1.82, 2.24) is 0 Å². The molecule has 2 nitrogen and oxygen atoms in total. The molecule has 3 aromatic rings. The zero-order valence-corrected chi connectivity index (χ0v) is 11.5. The first kappa shape index (κ1) is 14.5. The van der Waals surface area contributed by atoms with Gasteiger partial charge in [0.25, 0.3) is 0 Å². The zero-order chi connectivity index (χ0) is 16.0. The van der Waals surface area contributed by atoms with Crippen molar-refractivity contribution >= 4 is 27.4 Å². The van der Waals surface area contributed by atoms with Gasteiger partial charge >= 0.3 is 5.97 Å². The summed E-state index contributed by atoms with van der Waals surface area (Å²) in [5.41, 5.74) is -0.474. The van der Waals surface area contributed by atoms with Gasteiger partial charge in [0.1, 0.15) is 10.7 Å². The Morgan fingerprint density at radius 2 is 1.73 bits per heavy atom. The second kappa shape index (κ2) is 5.10. The van der Waals surface area contributed by atoms with Gasteiger partial charge in [-0.05, 0) is 30.3 Å². The lowest BCUT2D eigenvalue weighted by atomic mass is 10.0. The van der Waals surface area contributed by atoms with Gasteiger partial charge < -0.3 is 5.11 Å². The van der Waals surface area contributed by atoms with Crippen molar-refractivity contribution in [3.05, 3.63) is 58.5 Å². The Bertz CT molecular complexity index is 918. The van der Waals surface area contributed by atoms with Crippen LogP contribution in [0.1, 0.15) is 9.67 Å². The molecule has 0 amide bonds. The topological polar surface area (TPSA) is 37.3 Å². The van der Waals surface area contributed by atoms with Crippen LogP contribution in [0, 0.1) is 23.3 Å². The number of hydrogen-bond donors (Lipinski definition) is 1. The molecule has 7 heteroatoms. The number of carboxylic acid groups (broad SMARTS) is 1. The number of benzene rings is 2. The maximum absolute atomic E-state index is 14.0. The van der Waals surface area contributed by atoms with Crippen molar-refractivity contribution in [2.75, 3.05) is 0 Å². The Morgan fingerprint density at radius 1 is 1.00 bits per heavy atom. The molecule has 0 aliphatic rings. The van der Waals surface area contributed by atoms with Crippen molar-refractivity contribution < 1.29 is 27.5 Å². The fourth-order valence-electron chi connectivity index (χ4n) is 2.21. The molecule has 0 radical (unpaired) electrons. The van der Waals surface area contributed by atoms with Crippen molar-refractivity contribution in [3.63, 3.8) is 0 Å². The first-order valence-electron chi connectivity index (χ1n) is 5.99. The molecule has 22 heavy (non-hydrogen) atoms. The summed E-state index contributed by atoms with van der Waals surface area (Å²) < 4.78 is 54.0. The highest BCUT2D eigenvalue weighted by Gasteiger charge is 2.24. The first-order chi connectivity index (χ1) is 10.4. The maximum atomic E-state index is 14.0. The molecule has 0 unspecified atom stereocenters. The average Bonchev–Trinajstić information content (AvgIpc) is 2.83. The third kappa shape index (κ3) is 2.14. The minimum atomic E-state index is -1.68. The van der Waals surface area contributed by atoms with Crippen molar-refractivity contribution in [1.29, 1.82) is 0 Å². The molecular formula is C15H6F4O2S. The maximum Gasteiger partial charge on any atom is 0.346 e. The molecule has 0 bridgehead atoms. The van der Waals surface area contributed by atoms with Crippen LogP contribution >= 0.6 is 11.3 Å². The summed E-state index contributed by atoms with van der Waals surface area (Å²) in [4.78, 5) is 11.1. The molecule has 112 valence electrons. The molecule has 0 fully saturated rings. The van der Waals surface area contributed by atoms with Crippen LogP contribution in [-0.4, -0.2) is 11.1 Å². The number of thiophene rings is 1. The van der Waals surface area contributed by atoms with Gasteiger partial charge in [-0.15, -0.1) is 11.3 Å². The highest BCUT2D eigenvalue weighted by Crippen LogP contribution is 2.40.